The van der Waals surface area contributed by atoms with Gasteiger partial charge >= 0.3 is 0 Å². The molecule has 0 aliphatic carbocycles. The van der Waals surface area contributed by atoms with Crippen LogP contribution in [0.1, 0.15) is 11.5 Å². The van der Waals surface area contributed by atoms with Gasteiger partial charge < -0.3 is 9.15 Å². The number of hydrogen-bond acceptors (Lipinski definition) is 4. The van der Waals surface area contributed by atoms with E-state index in [1.54, 1.807) is 0 Å². The van der Waals surface area contributed by atoms with Gasteiger partial charge in [-0.2, -0.15) is 0 Å². The van der Waals surface area contributed by atoms with Crippen molar-refractivity contribution < 1.29 is 9.15 Å². The largest absolute Gasteiger partial charge is 0.484 e. The minimum Gasteiger partial charge on any atom is -0.484 e. The van der Waals surface area contributed by atoms with Crippen molar-refractivity contribution >= 4 is 15.9 Å². The lowest BCUT2D eigenvalue weighted by molar-refractivity contribution is 0.264. The van der Waals surface area contributed by atoms with E-state index >= 15 is 0 Å². The Morgan fingerprint density at radius 2 is 1.95 bits per heavy atom. The van der Waals surface area contributed by atoms with E-state index < -0.39 is 0 Å². The fourth-order valence-electron chi connectivity index (χ4n) is 1.91. The van der Waals surface area contributed by atoms with Crippen LogP contribution in [0.3, 0.4) is 0 Å². The van der Waals surface area contributed by atoms with Crippen LogP contribution < -0.4 is 4.74 Å². The second kappa shape index (κ2) is 6.10. The summed E-state index contributed by atoms with van der Waals surface area (Å²) in [7, 11) is 0. The Bertz CT molecular complexity index is 755. The molecule has 0 N–H and O–H groups in total. The Kier molecular flexibility index (Phi) is 4.01. The molecule has 5 heteroatoms. The average molecular weight is 345 g/mol. The zero-order valence-corrected chi connectivity index (χ0v) is 13.0. The molecule has 2 aromatic carbocycles. The van der Waals surface area contributed by atoms with Crippen LogP contribution in [0.25, 0.3) is 11.5 Å². The molecule has 0 amide bonds. The van der Waals surface area contributed by atoms with Crippen LogP contribution in [0.4, 0.5) is 0 Å². The van der Waals surface area contributed by atoms with Crippen molar-refractivity contribution in [1.82, 2.24) is 10.2 Å². The van der Waals surface area contributed by atoms with Crippen molar-refractivity contribution in [2.75, 3.05) is 0 Å². The number of aromatic nitrogens is 2. The first-order valence-electron chi connectivity index (χ1n) is 6.49. The fraction of sp³-hybridized carbons (Fsp3) is 0.125. The molecule has 4 nitrogen and oxygen atoms in total. The Labute approximate surface area is 130 Å². The van der Waals surface area contributed by atoms with Crippen LogP contribution in [0.5, 0.6) is 5.75 Å². The molecular formula is C16H13BrN2O2. The van der Waals surface area contributed by atoms with E-state index in [0.717, 1.165) is 21.3 Å². The normalized spacial score (nSPS) is 10.6. The van der Waals surface area contributed by atoms with Crippen molar-refractivity contribution in [3.05, 3.63) is 64.5 Å². The summed E-state index contributed by atoms with van der Waals surface area (Å²) in [6.45, 7) is 2.27. The second-order valence-electron chi connectivity index (χ2n) is 4.59. The molecule has 1 aromatic heterocycles. The average Bonchev–Trinajstić information content (AvgIpc) is 2.94. The molecule has 0 bridgehead atoms. The van der Waals surface area contributed by atoms with Crippen molar-refractivity contribution in [3.63, 3.8) is 0 Å². The molecule has 0 radical (unpaired) electrons. The van der Waals surface area contributed by atoms with Crippen LogP contribution in [0, 0.1) is 6.92 Å². The maximum atomic E-state index is 5.64. The molecule has 0 saturated heterocycles. The molecule has 0 atom stereocenters. The van der Waals surface area contributed by atoms with Gasteiger partial charge in [0.25, 0.3) is 5.89 Å². The first kappa shape index (κ1) is 13.8. The Morgan fingerprint density at radius 3 is 2.76 bits per heavy atom. The van der Waals surface area contributed by atoms with Gasteiger partial charge in [-0.15, -0.1) is 10.2 Å². The number of halogens is 1. The molecule has 0 unspecified atom stereocenters. The standard InChI is InChI=1S/C16H13BrN2O2/c1-11-5-4-6-12(9-11)20-10-15-18-19-16(21-15)13-7-2-3-8-14(13)17/h2-9H,10H2,1H3. The molecule has 0 aliphatic rings. The first-order chi connectivity index (χ1) is 10.2. The third-order valence-electron chi connectivity index (χ3n) is 2.92. The molecule has 106 valence electrons. The molecule has 3 rings (SSSR count). The van der Waals surface area contributed by atoms with Crippen LogP contribution >= 0.6 is 15.9 Å². The Morgan fingerprint density at radius 1 is 1.10 bits per heavy atom. The van der Waals surface area contributed by atoms with Crippen molar-refractivity contribution in [3.8, 4) is 17.2 Å². The third kappa shape index (κ3) is 3.31. The lowest BCUT2D eigenvalue weighted by Gasteiger charge is -2.03. The highest BCUT2D eigenvalue weighted by molar-refractivity contribution is 9.10. The number of nitrogens with zero attached hydrogens (tertiary/aromatic N) is 2. The van der Waals surface area contributed by atoms with Crippen molar-refractivity contribution in [2.45, 2.75) is 13.5 Å². The molecule has 0 fully saturated rings. The van der Waals surface area contributed by atoms with Crippen molar-refractivity contribution in [2.24, 2.45) is 0 Å². The highest BCUT2D eigenvalue weighted by Gasteiger charge is 2.11. The number of aryl methyl sites for hydroxylation is 1. The van der Waals surface area contributed by atoms with Crippen LogP contribution in [-0.2, 0) is 6.61 Å². The fourth-order valence-corrected chi connectivity index (χ4v) is 2.36. The molecule has 1 heterocycles. The zero-order valence-electron chi connectivity index (χ0n) is 11.4. The van der Waals surface area contributed by atoms with E-state index in [1.165, 1.54) is 0 Å². The Balaban J connectivity index is 1.72. The lowest BCUT2D eigenvalue weighted by Crippen LogP contribution is -1.95. The number of benzene rings is 2. The summed E-state index contributed by atoms with van der Waals surface area (Å²) in [5.41, 5.74) is 2.01. The zero-order chi connectivity index (χ0) is 14.7. The van der Waals surface area contributed by atoms with E-state index in [4.69, 9.17) is 9.15 Å². The van der Waals surface area contributed by atoms with E-state index in [9.17, 15) is 0 Å². The van der Waals surface area contributed by atoms with E-state index in [1.807, 2.05) is 55.5 Å². The van der Waals surface area contributed by atoms with E-state index in [0.29, 0.717) is 11.8 Å². The summed E-state index contributed by atoms with van der Waals surface area (Å²) in [6, 6.07) is 15.5. The van der Waals surface area contributed by atoms with E-state index in [-0.39, 0.29) is 6.61 Å². The topological polar surface area (TPSA) is 48.2 Å². The summed E-state index contributed by atoms with van der Waals surface area (Å²) < 4.78 is 12.2. The molecule has 0 spiro atoms. The van der Waals surface area contributed by atoms with Gasteiger partial charge in [-0.25, -0.2) is 0 Å². The minimum absolute atomic E-state index is 0.251. The summed E-state index contributed by atoms with van der Waals surface area (Å²) in [6.07, 6.45) is 0. The highest BCUT2D eigenvalue weighted by Crippen LogP contribution is 2.26. The predicted molar refractivity (Wildman–Crippen MR) is 82.9 cm³/mol. The van der Waals surface area contributed by atoms with Gasteiger partial charge in [0.05, 0.1) is 5.56 Å². The number of hydrogen-bond donors (Lipinski definition) is 0. The first-order valence-corrected chi connectivity index (χ1v) is 7.28. The monoisotopic (exact) mass is 344 g/mol. The predicted octanol–water partition coefficient (Wildman–Crippen LogP) is 4.39. The van der Waals surface area contributed by atoms with Crippen LogP contribution in [0.2, 0.25) is 0 Å². The van der Waals surface area contributed by atoms with Crippen LogP contribution in [-0.4, -0.2) is 10.2 Å². The SMILES string of the molecule is Cc1cccc(OCc2nnc(-c3ccccc3Br)o2)c1. The molecular weight excluding hydrogens is 332 g/mol. The van der Waals surface area contributed by atoms with Gasteiger partial charge in [-0.05, 0) is 52.7 Å². The number of ether oxygens (including phenoxy) is 1. The number of rotatable bonds is 4. The summed E-state index contributed by atoms with van der Waals surface area (Å²) >= 11 is 3.47. The molecule has 0 aliphatic heterocycles. The third-order valence-corrected chi connectivity index (χ3v) is 3.61. The minimum atomic E-state index is 0.251. The summed E-state index contributed by atoms with van der Waals surface area (Å²) in [4.78, 5) is 0. The lowest BCUT2D eigenvalue weighted by atomic mass is 10.2. The maximum Gasteiger partial charge on any atom is 0.254 e. The molecule has 3 aromatic rings. The summed E-state index contributed by atoms with van der Waals surface area (Å²) in [5, 5.41) is 8.06. The van der Waals surface area contributed by atoms with E-state index in [2.05, 4.69) is 26.1 Å². The quantitative estimate of drug-likeness (QED) is 0.704. The van der Waals surface area contributed by atoms with Gasteiger partial charge in [0, 0.05) is 4.47 Å². The van der Waals surface area contributed by atoms with Gasteiger partial charge in [-0.3, -0.25) is 0 Å². The van der Waals surface area contributed by atoms with Crippen molar-refractivity contribution in [1.29, 1.82) is 0 Å². The summed E-state index contributed by atoms with van der Waals surface area (Å²) in [5.74, 6) is 1.71. The second-order valence-corrected chi connectivity index (χ2v) is 5.44. The van der Waals surface area contributed by atoms with Gasteiger partial charge in [0.1, 0.15) is 5.75 Å². The maximum absolute atomic E-state index is 5.64. The van der Waals surface area contributed by atoms with Gasteiger partial charge in [-0.1, -0.05) is 24.3 Å². The van der Waals surface area contributed by atoms with Gasteiger partial charge in [0.2, 0.25) is 5.89 Å². The smallest absolute Gasteiger partial charge is 0.254 e. The highest BCUT2D eigenvalue weighted by atomic mass is 79.9. The van der Waals surface area contributed by atoms with Crippen LogP contribution in [0.15, 0.2) is 57.4 Å². The molecule has 21 heavy (non-hydrogen) atoms. The molecule has 0 saturated carbocycles. The Hall–Kier alpha value is -2.14. The van der Waals surface area contributed by atoms with Gasteiger partial charge in [0.15, 0.2) is 6.61 Å².